The van der Waals surface area contributed by atoms with E-state index in [1.165, 1.54) is 25.7 Å². The molecule has 1 aliphatic rings. The van der Waals surface area contributed by atoms with Crippen LogP contribution in [0.2, 0.25) is 0 Å². The lowest BCUT2D eigenvalue weighted by molar-refractivity contribution is 0.361. The quantitative estimate of drug-likeness (QED) is 0.838. The van der Waals surface area contributed by atoms with Crippen LogP contribution in [0.25, 0.3) is 0 Å². The number of hydrogen-bond acceptors (Lipinski definition) is 3. The van der Waals surface area contributed by atoms with Crippen molar-refractivity contribution in [3.05, 3.63) is 17.0 Å². The van der Waals surface area contributed by atoms with Gasteiger partial charge in [-0.15, -0.1) is 0 Å². The maximum atomic E-state index is 4.20. The van der Waals surface area contributed by atoms with Gasteiger partial charge in [-0.05, 0) is 47.5 Å². The third-order valence-corrected chi connectivity index (χ3v) is 3.44. The second kappa shape index (κ2) is 4.92. The first kappa shape index (κ1) is 10.9. The summed E-state index contributed by atoms with van der Waals surface area (Å²) >= 11 is 3.35. The predicted octanol–water partition coefficient (Wildman–Crippen LogP) is 3.23. The number of halogens is 1. The highest BCUT2D eigenvalue weighted by Crippen LogP contribution is 2.25. The topological polar surface area (TPSA) is 37.8 Å². The van der Waals surface area contributed by atoms with Gasteiger partial charge in [0.1, 0.15) is 16.7 Å². The molecule has 1 aromatic heterocycles. The maximum Gasteiger partial charge on any atom is 0.130 e. The summed E-state index contributed by atoms with van der Waals surface area (Å²) in [4.78, 5) is 8.21. The molecule has 3 nitrogen and oxygen atoms in total. The molecule has 0 saturated heterocycles. The van der Waals surface area contributed by atoms with Crippen LogP contribution in [-0.2, 0) is 0 Å². The average Bonchev–Trinajstić information content (AvgIpc) is 2.22. The number of aromatic nitrogens is 2. The van der Waals surface area contributed by atoms with E-state index in [0.29, 0.717) is 6.04 Å². The molecule has 1 aliphatic carbocycles. The molecule has 0 atom stereocenters. The molecule has 0 bridgehead atoms. The smallest absolute Gasteiger partial charge is 0.130 e. The van der Waals surface area contributed by atoms with Crippen molar-refractivity contribution in [1.82, 2.24) is 9.97 Å². The lowest BCUT2D eigenvalue weighted by atomic mass is 9.87. The standard InChI is InChI=1S/C11H16BrN3/c1-8-2-4-9(5-3-8)15-11-6-10(12)13-7-14-11/h6-9H,2-5H2,1H3,(H,13,14,15). The van der Waals surface area contributed by atoms with Crippen LogP contribution in [-0.4, -0.2) is 16.0 Å². The van der Waals surface area contributed by atoms with Crippen LogP contribution < -0.4 is 5.32 Å². The molecule has 2 rings (SSSR count). The van der Waals surface area contributed by atoms with Crippen molar-refractivity contribution in [3.8, 4) is 0 Å². The Labute approximate surface area is 98.8 Å². The zero-order chi connectivity index (χ0) is 10.7. The lowest BCUT2D eigenvalue weighted by Crippen LogP contribution is -2.25. The number of nitrogens with zero attached hydrogens (tertiary/aromatic N) is 2. The summed E-state index contributed by atoms with van der Waals surface area (Å²) in [7, 11) is 0. The molecule has 0 aromatic carbocycles. The van der Waals surface area contributed by atoms with Crippen LogP contribution in [0, 0.1) is 5.92 Å². The fourth-order valence-corrected chi connectivity index (χ4v) is 2.33. The van der Waals surface area contributed by atoms with Crippen LogP contribution >= 0.6 is 15.9 Å². The molecule has 0 spiro atoms. The fraction of sp³-hybridized carbons (Fsp3) is 0.636. The van der Waals surface area contributed by atoms with E-state index >= 15 is 0 Å². The second-order valence-electron chi connectivity index (χ2n) is 4.33. The minimum absolute atomic E-state index is 0.586. The molecule has 1 aromatic rings. The Balaban J connectivity index is 1.92. The average molecular weight is 270 g/mol. The Bertz CT molecular complexity index is 321. The van der Waals surface area contributed by atoms with Crippen molar-refractivity contribution in [2.45, 2.75) is 38.6 Å². The minimum atomic E-state index is 0.586. The number of hydrogen-bond donors (Lipinski definition) is 1. The van der Waals surface area contributed by atoms with Crippen LogP contribution in [0.4, 0.5) is 5.82 Å². The van der Waals surface area contributed by atoms with E-state index in [0.717, 1.165) is 16.3 Å². The van der Waals surface area contributed by atoms with Gasteiger partial charge in [-0.1, -0.05) is 6.92 Å². The fourth-order valence-electron chi connectivity index (χ4n) is 2.03. The van der Waals surface area contributed by atoms with Gasteiger partial charge in [-0.3, -0.25) is 0 Å². The molecule has 1 N–H and O–H groups in total. The van der Waals surface area contributed by atoms with E-state index in [-0.39, 0.29) is 0 Å². The first-order valence-corrected chi connectivity index (χ1v) is 6.27. The van der Waals surface area contributed by atoms with Crippen LogP contribution in [0.1, 0.15) is 32.6 Å². The summed E-state index contributed by atoms with van der Waals surface area (Å²) in [5.74, 6) is 1.82. The van der Waals surface area contributed by atoms with Crippen molar-refractivity contribution >= 4 is 21.7 Å². The molecule has 1 saturated carbocycles. The van der Waals surface area contributed by atoms with Crippen molar-refractivity contribution in [2.75, 3.05) is 5.32 Å². The summed E-state index contributed by atoms with van der Waals surface area (Å²) in [6.45, 7) is 2.33. The van der Waals surface area contributed by atoms with Gasteiger partial charge in [0.15, 0.2) is 0 Å². The summed E-state index contributed by atoms with van der Waals surface area (Å²) in [5, 5.41) is 3.46. The lowest BCUT2D eigenvalue weighted by Gasteiger charge is -2.27. The number of anilines is 1. The van der Waals surface area contributed by atoms with E-state index in [1.54, 1.807) is 6.33 Å². The Morgan fingerprint density at radius 3 is 2.67 bits per heavy atom. The van der Waals surface area contributed by atoms with Gasteiger partial charge >= 0.3 is 0 Å². The first-order chi connectivity index (χ1) is 7.24. The second-order valence-corrected chi connectivity index (χ2v) is 5.14. The van der Waals surface area contributed by atoms with E-state index in [1.807, 2.05) is 6.07 Å². The minimum Gasteiger partial charge on any atom is -0.367 e. The largest absolute Gasteiger partial charge is 0.367 e. The predicted molar refractivity (Wildman–Crippen MR) is 64.8 cm³/mol. The van der Waals surface area contributed by atoms with E-state index in [2.05, 4.69) is 38.1 Å². The zero-order valence-electron chi connectivity index (χ0n) is 8.91. The Kier molecular flexibility index (Phi) is 3.57. The molecule has 1 heterocycles. The highest BCUT2D eigenvalue weighted by Gasteiger charge is 2.18. The van der Waals surface area contributed by atoms with Crippen molar-refractivity contribution in [3.63, 3.8) is 0 Å². The summed E-state index contributed by atoms with van der Waals surface area (Å²) < 4.78 is 0.837. The van der Waals surface area contributed by atoms with Crippen molar-refractivity contribution in [1.29, 1.82) is 0 Å². The van der Waals surface area contributed by atoms with Crippen LogP contribution in [0.3, 0.4) is 0 Å². The summed E-state index contributed by atoms with van der Waals surface area (Å²) in [6, 6.07) is 2.51. The van der Waals surface area contributed by atoms with Gasteiger partial charge in [0, 0.05) is 12.1 Å². The SMILES string of the molecule is CC1CCC(Nc2cc(Br)ncn2)CC1. The molecule has 0 aliphatic heterocycles. The highest BCUT2D eigenvalue weighted by atomic mass is 79.9. The third kappa shape index (κ3) is 3.16. The monoisotopic (exact) mass is 269 g/mol. The molecule has 0 radical (unpaired) electrons. The molecular formula is C11H16BrN3. The molecule has 82 valence electrons. The van der Waals surface area contributed by atoms with E-state index in [9.17, 15) is 0 Å². The van der Waals surface area contributed by atoms with Crippen molar-refractivity contribution in [2.24, 2.45) is 5.92 Å². The Morgan fingerprint density at radius 1 is 1.27 bits per heavy atom. The molecule has 15 heavy (non-hydrogen) atoms. The molecule has 1 fully saturated rings. The molecule has 0 unspecified atom stereocenters. The normalized spacial score (nSPS) is 26.3. The Hall–Kier alpha value is -0.640. The molecular weight excluding hydrogens is 254 g/mol. The van der Waals surface area contributed by atoms with Gasteiger partial charge in [-0.25, -0.2) is 9.97 Å². The van der Waals surface area contributed by atoms with Gasteiger partial charge in [-0.2, -0.15) is 0 Å². The first-order valence-electron chi connectivity index (χ1n) is 5.48. The Morgan fingerprint density at radius 2 is 2.00 bits per heavy atom. The van der Waals surface area contributed by atoms with E-state index in [4.69, 9.17) is 0 Å². The van der Waals surface area contributed by atoms with Crippen molar-refractivity contribution < 1.29 is 0 Å². The highest BCUT2D eigenvalue weighted by molar-refractivity contribution is 9.10. The molecule has 4 heteroatoms. The summed E-state index contributed by atoms with van der Waals surface area (Å²) in [6.07, 6.45) is 6.73. The van der Waals surface area contributed by atoms with Gasteiger partial charge in [0.05, 0.1) is 0 Å². The van der Waals surface area contributed by atoms with E-state index < -0.39 is 0 Å². The third-order valence-electron chi connectivity index (χ3n) is 3.00. The van der Waals surface area contributed by atoms with Crippen LogP contribution in [0.15, 0.2) is 17.0 Å². The number of rotatable bonds is 2. The molecule has 0 amide bonds. The summed E-state index contributed by atoms with van der Waals surface area (Å²) in [5.41, 5.74) is 0. The van der Waals surface area contributed by atoms with Crippen LogP contribution in [0.5, 0.6) is 0 Å². The van der Waals surface area contributed by atoms with Gasteiger partial charge in [0.2, 0.25) is 0 Å². The zero-order valence-corrected chi connectivity index (χ0v) is 10.5. The number of nitrogens with one attached hydrogen (secondary N) is 1. The van der Waals surface area contributed by atoms with Gasteiger partial charge in [0.25, 0.3) is 0 Å². The van der Waals surface area contributed by atoms with Gasteiger partial charge < -0.3 is 5.32 Å². The maximum absolute atomic E-state index is 4.20.